The van der Waals surface area contributed by atoms with Crippen molar-refractivity contribution >= 4 is 77.9 Å². The first-order chi connectivity index (χ1) is 16.9. The molecule has 35 heavy (non-hydrogen) atoms. The van der Waals surface area contributed by atoms with Crippen molar-refractivity contribution in [2.45, 2.75) is 73.6 Å². The third kappa shape index (κ3) is 4.91. The van der Waals surface area contributed by atoms with Gasteiger partial charge in [0.25, 0.3) is 0 Å². The molecule has 4 heterocycles. The Balaban J connectivity index is 1.55. The van der Waals surface area contributed by atoms with Crippen molar-refractivity contribution in [3.05, 3.63) is 54.0 Å². The summed E-state index contributed by atoms with van der Waals surface area (Å²) in [6.07, 6.45) is 10.7. The molecule has 0 aliphatic heterocycles. The van der Waals surface area contributed by atoms with Crippen molar-refractivity contribution < 1.29 is 0 Å². The topological polar surface area (TPSA) is 25.8 Å². The minimum Gasteiger partial charge on any atom is -0.241 e. The molecule has 6 heteroatoms. The zero-order chi connectivity index (χ0) is 24.7. The van der Waals surface area contributed by atoms with Crippen LogP contribution in [-0.2, 0) is 6.42 Å². The Bertz CT molecular complexity index is 1540. The first-order valence-electron chi connectivity index (χ1n) is 12.4. The average molecular weight is 537 g/mol. The van der Waals surface area contributed by atoms with Crippen LogP contribution in [0.4, 0.5) is 0 Å². The molecule has 5 aromatic rings. The molecule has 0 fully saturated rings. The van der Waals surface area contributed by atoms with Crippen LogP contribution >= 0.6 is 45.3 Å². The van der Waals surface area contributed by atoms with Crippen LogP contribution in [-0.4, -0.2) is 9.97 Å². The number of hydrogen-bond donors (Lipinski definition) is 0. The molecule has 0 radical (unpaired) electrons. The molecule has 0 saturated heterocycles. The molecule has 4 aromatic heterocycles. The number of thiophene rings is 2. The number of nitrogens with zero attached hydrogens (tertiary/aromatic N) is 2. The van der Waals surface area contributed by atoms with Gasteiger partial charge in [-0.25, -0.2) is 9.97 Å². The Labute approximate surface area is 224 Å². The number of aryl methyl sites for hydroxylation is 6. The predicted octanol–water partition coefficient (Wildman–Crippen LogP) is 10.5. The van der Waals surface area contributed by atoms with Crippen LogP contribution in [0.3, 0.4) is 0 Å². The maximum atomic E-state index is 5.28. The molecular weight excluding hydrogens is 505 g/mol. The van der Waals surface area contributed by atoms with Crippen molar-refractivity contribution in [3.63, 3.8) is 0 Å². The molecule has 0 aliphatic rings. The molecule has 0 spiro atoms. The second-order valence-corrected chi connectivity index (χ2v) is 14.0. The van der Waals surface area contributed by atoms with Gasteiger partial charge in [0.2, 0.25) is 0 Å². The lowest BCUT2D eigenvalue weighted by atomic mass is 9.99. The lowest BCUT2D eigenvalue weighted by Gasteiger charge is -2.08. The smallest absolute Gasteiger partial charge is 0.134 e. The maximum Gasteiger partial charge on any atom is 0.134 e. The van der Waals surface area contributed by atoms with Crippen LogP contribution in [0, 0.1) is 34.6 Å². The number of rotatable bonds is 8. The fourth-order valence-electron chi connectivity index (χ4n) is 4.72. The van der Waals surface area contributed by atoms with E-state index in [0.29, 0.717) is 0 Å². The Morgan fingerprint density at radius 1 is 0.743 bits per heavy atom. The van der Waals surface area contributed by atoms with E-state index >= 15 is 0 Å². The summed E-state index contributed by atoms with van der Waals surface area (Å²) in [4.78, 5) is 15.5. The quantitative estimate of drug-likeness (QED) is 0.184. The van der Waals surface area contributed by atoms with E-state index in [1.807, 2.05) is 45.3 Å². The molecular formula is C29H32N2S4. The predicted molar refractivity (Wildman–Crippen MR) is 161 cm³/mol. The summed E-state index contributed by atoms with van der Waals surface area (Å²) < 4.78 is 2.64. The minimum absolute atomic E-state index is 1.09. The molecule has 5 rings (SSSR count). The third-order valence-electron chi connectivity index (χ3n) is 6.57. The van der Waals surface area contributed by atoms with Crippen molar-refractivity contribution in [1.29, 1.82) is 0 Å². The summed E-state index contributed by atoms with van der Waals surface area (Å²) in [7, 11) is 0. The Morgan fingerprint density at radius 2 is 1.46 bits per heavy atom. The van der Waals surface area contributed by atoms with E-state index in [0.717, 1.165) is 16.4 Å². The number of thiazole rings is 2. The monoisotopic (exact) mass is 536 g/mol. The van der Waals surface area contributed by atoms with E-state index in [9.17, 15) is 0 Å². The van der Waals surface area contributed by atoms with Crippen LogP contribution in [0.1, 0.15) is 74.5 Å². The first kappa shape index (κ1) is 24.8. The average Bonchev–Trinajstić information content (AvgIpc) is 3.57. The fraction of sp³-hybridized carbons (Fsp3) is 0.379. The van der Waals surface area contributed by atoms with E-state index in [1.54, 1.807) is 0 Å². The minimum atomic E-state index is 1.09. The van der Waals surface area contributed by atoms with Crippen LogP contribution in [0.15, 0.2) is 12.1 Å². The lowest BCUT2D eigenvalue weighted by molar-refractivity contribution is 0.667. The molecule has 182 valence electrons. The fourth-order valence-corrected chi connectivity index (χ4v) is 8.98. The van der Waals surface area contributed by atoms with Gasteiger partial charge in [0.15, 0.2) is 0 Å². The van der Waals surface area contributed by atoms with Crippen LogP contribution < -0.4 is 0 Å². The number of aromatic nitrogens is 2. The molecule has 0 saturated carbocycles. The van der Waals surface area contributed by atoms with Gasteiger partial charge in [-0.2, -0.15) is 0 Å². The summed E-state index contributed by atoms with van der Waals surface area (Å²) in [5, 5.41) is 2.28. The van der Waals surface area contributed by atoms with Gasteiger partial charge in [-0.1, -0.05) is 26.2 Å². The Hall–Kier alpha value is -1.86. The third-order valence-corrected chi connectivity index (χ3v) is 11.3. The highest BCUT2D eigenvalue weighted by Gasteiger charge is 2.20. The van der Waals surface area contributed by atoms with E-state index in [4.69, 9.17) is 9.97 Å². The molecule has 2 nitrogen and oxygen atoms in total. The van der Waals surface area contributed by atoms with Gasteiger partial charge in [-0.05, 0) is 94.0 Å². The second kappa shape index (κ2) is 10.3. The zero-order valence-electron chi connectivity index (χ0n) is 21.4. The summed E-state index contributed by atoms with van der Waals surface area (Å²) in [6.45, 7) is 13.2. The standard InChI is InChI=1S/C29H32N2S4/c1-7-8-9-10-11-21-19(5)25-27(33-20(6)30-25)28-26(21)31-29(35-28)24-15-17(3)23(34-24)13-12-22-16(2)14-18(4)32-22/h12-15H,7-11H2,1-6H3/b13-12+. The van der Waals surface area contributed by atoms with Gasteiger partial charge in [0, 0.05) is 14.6 Å². The van der Waals surface area contributed by atoms with Crippen LogP contribution in [0.25, 0.3) is 42.5 Å². The molecule has 0 atom stereocenters. The number of hydrogen-bond acceptors (Lipinski definition) is 6. The van der Waals surface area contributed by atoms with E-state index in [2.05, 4.69) is 65.8 Å². The Kier molecular flexibility index (Phi) is 7.27. The number of fused-ring (bicyclic) bond motifs is 3. The van der Waals surface area contributed by atoms with Crippen LogP contribution in [0.5, 0.6) is 0 Å². The zero-order valence-corrected chi connectivity index (χ0v) is 24.6. The lowest BCUT2D eigenvalue weighted by Crippen LogP contribution is -1.94. The summed E-state index contributed by atoms with van der Waals surface area (Å²) in [5.74, 6) is 0. The van der Waals surface area contributed by atoms with Crippen molar-refractivity contribution in [2.24, 2.45) is 0 Å². The molecule has 0 aliphatic carbocycles. The Morgan fingerprint density at radius 3 is 2.17 bits per heavy atom. The van der Waals surface area contributed by atoms with Gasteiger partial charge >= 0.3 is 0 Å². The van der Waals surface area contributed by atoms with Gasteiger partial charge in [0.1, 0.15) is 5.01 Å². The largest absolute Gasteiger partial charge is 0.241 e. The number of unbranched alkanes of at least 4 members (excludes halogenated alkanes) is 3. The highest BCUT2D eigenvalue weighted by Crippen LogP contribution is 2.43. The van der Waals surface area contributed by atoms with Gasteiger partial charge in [-0.15, -0.1) is 45.3 Å². The molecule has 1 aromatic carbocycles. The molecule has 0 bridgehead atoms. The molecule has 0 unspecified atom stereocenters. The van der Waals surface area contributed by atoms with E-state index < -0.39 is 0 Å². The number of benzene rings is 1. The summed E-state index contributed by atoms with van der Waals surface area (Å²) >= 11 is 7.39. The molecule has 0 amide bonds. The van der Waals surface area contributed by atoms with Crippen molar-refractivity contribution in [1.82, 2.24) is 9.97 Å². The van der Waals surface area contributed by atoms with Gasteiger partial charge < -0.3 is 0 Å². The SMILES string of the molecule is CCCCCCc1c(C)c2nc(C)sc2c2sc(-c3cc(C)c(/C=C/c4sc(C)cc4C)s3)nc12. The first-order valence-corrected chi connectivity index (χ1v) is 15.7. The van der Waals surface area contributed by atoms with Gasteiger partial charge in [-0.3, -0.25) is 0 Å². The maximum absolute atomic E-state index is 5.28. The van der Waals surface area contributed by atoms with E-state index in [1.165, 1.54) is 87.9 Å². The highest BCUT2D eigenvalue weighted by molar-refractivity contribution is 7.30. The van der Waals surface area contributed by atoms with Crippen molar-refractivity contribution in [2.75, 3.05) is 0 Å². The van der Waals surface area contributed by atoms with E-state index in [-0.39, 0.29) is 0 Å². The second-order valence-electron chi connectivity index (χ2n) is 9.42. The van der Waals surface area contributed by atoms with Crippen molar-refractivity contribution in [3.8, 4) is 9.88 Å². The van der Waals surface area contributed by atoms with Gasteiger partial charge in [0.05, 0.1) is 30.3 Å². The summed E-state index contributed by atoms with van der Waals surface area (Å²) in [5.41, 5.74) is 7.82. The van der Waals surface area contributed by atoms with Crippen LogP contribution in [0.2, 0.25) is 0 Å². The normalized spacial score (nSPS) is 12.2. The highest BCUT2D eigenvalue weighted by atomic mass is 32.1. The summed E-state index contributed by atoms with van der Waals surface area (Å²) in [6, 6.07) is 4.58. The molecule has 0 N–H and O–H groups in total.